The fourth-order valence-electron chi connectivity index (χ4n) is 2.83. The normalized spacial score (nSPS) is 29.9. The van der Waals surface area contributed by atoms with Crippen molar-refractivity contribution in [3.63, 3.8) is 0 Å². The largest absolute Gasteiger partial charge is 0.355 e. The zero-order valence-electron chi connectivity index (χ0n) is 10.9. The highest BCUT2D eigenvalue weighted by Crippen LogP contribution is 2.51. The number of hydrogen-bond donors (Lipinski definition) is 2. The number of amides is 1. The third-order valence-electron chi connectivity index (χ3n) is 4.64. The van der Waals surface area contributed by atoms with Crippen LogP contribution in [0.2, 0.25) is 0 Å². The summed E-state index contributed by atoms with van der Waals surface area (Å²) in [4.78, 5) is 12.0. The Kier molecular flexibility index (Phi) is 4.85. The smallest absolute Gasteiger partial charge is 0.224 e. The van der Waals surface area contributed by atoms with Gasteiger partial charge in [0.1, 0.15) is 0 Å². The number of nitrogens with two attached hydrogens (primary N) is 1. The van der Waals surface area contributed by atoms with Crippen molar-refractivity contribution in [2.24, 2.45) is 23.0 Å². The molecule has 2 rings (SSSR count). The Morgan fingerprint density at radius 1 is 1.41 bits per heavy atom. The van der Waals surface area contributed by atoms with Crippen LogP contribution in [0.15, 0.2) is 0 Å². The van der Waals surface area contributed by atoms with E-state index in [1.807, 2.05) is 0 Å². The van der Waals surface area contributed by atoms with Crippen LogP contribution in [0.3, 0.4) is 0 Å². The van der Waals surface area contributed by atoms with Gasteiger partial charge in [0.25, 0.3) is 0 Å². The summed E-state index contributed by atoms with van der Waals surface area (Å²) >= 11 is 0. The van der Waals surface area contributed by atoms with E-state index in [1.165, 1.54) is 12.8 Å². The maximum absolute atomic E-state index is 12.0. The molecule has 0 radical (unpaired) electrons. The lowest BCUT2D eigenvalue weighted by Crippen LogP contribution is -2.41. The number of carbonyl (C=O) groups is 1. The lowest BCUT2D eigenvalue weighted by Gasteiger charge is -2.22. The topological polar surface area (TPSA) is 55.1 Å². The summed E-state index contributed by atoms with van der Waals surface area (Å²) in [6.45, 7) is 5.35. The number of halogens is 1. The summed E-state index contributed by atoms with van der Waals surface area (Å²) in [6, 6.07) is 0.0919. The minimum atomic E-state index is 0. The second kappa shape index (κ2) is 5.57. The molecular weight excluding hydrogens is 236 g/mol. The molecule has 2 saturated carbocycles. The first-order chi connectivity index (χ1) is 7.55. The van der Waals surface area contributed by atoms with Gasteiger partial charge in [0.15, 0.2) is 0 Å². The SMILES string of the molecule is CC(C)C1(CNC(=O)C2CCCC2N)CC1.Cl. The Balaban J connectivity index is 0.00000144. The standard InChI is InChI=1S/C13H24N2O.ClH/c1-9(2)13(6-7-13)8-15-12(16)10-4-3-5-11(10)14;/h9-11H,3-8,14H2,1-2H3,(H,15,16);1H. The zero-order valence-corrected chi connectivity index (χ0v) is 11.7. The maximum Gasteiger partial charge on any atom is 0.224 e. The van der Waals surface area contributed by atoms with Gasteiger partial charge in [-0.25, -0.2) is 0 Å². The average Bonchev–Trinajstić information content (AvgIpc) is 2.92. The summed E-state index contributed by atoms with van der Waals surface area (Å²) < 4.78 is 0. The van der Waals surface area contributed by atoms with Crippen LogP contribution in [0.1, 0.15) is 46.0 Å². The number of nitrogens with one attached hydrogen (secondary N) is 1. The lowest BCUT2D eigenvalue weighted by atomic mass is 9.92. The van der Waals surface area contributed by atoms with Crippen molar-refractivity contribution >= 4 is 18.3 Å². The molecule has 0 heterocycles. The lowest BCUT2D eigenvalue weighted by molar-refractivity contribution is -0.125. The molecular formula is C13H25ClN2O. The van der Waals surface area contributed by atoms with Crippen molar-refractivity contribution in [1.29, 1.82) is 0 Å². The molecule has 0 spiro atoms. The van der Waals surface area contributed by atoms with E-state index in [2.05, 4.69) is 19.2 Å². The summed E-state index contributed by atoms with van der Waals surface area (Å²) in [7, 11) is 0. The monoisotopic (exact) mass is 260 g/mol. The van der Waals surface area contributed by atoms with Gasteiger partial charge < -0.3 is 11.1 Å². The average molecular weight is 261 g/mol. The van der Waals surface area contributed by atoms with Crippen LogP contribution in [-0.4, -0.2) is 18.5 Å². The van der Waals surface area contributed by atoms with Crippen molar-refractivity contribution in [3.8, 4) is 0 Å². The first kappa shape index (κ1) is 14.8. The summed E-state index contributed by atoms with van der Waals surface area (Å²) in [5.74, 6) is 0.935. The van der Waals surface area contributed by atoms with Gasteiger partial charge in [-0.2, -0.15) is 0 Å². The van der Waals surface area contributed by atoms with Gasteiger partial charge in [0.2, 0.25) is 5.91 Å². The highest BCUT2D eigenvalue weighted by molar-refractivity contribution is 5.85. The van der Waals surface area contributed by atoms with Gasteiger partial charge in [-0.05, 0) is 37.0 Å². The van der Waals surface area contributed by atoms with Gasteiger partial charge in [-0.3, -0.25) is 4.79 Å². The van der Waals surface area contributed by atoms with Crippen LogP contribution in [0.25, 0.3) is 0 Å². The molecule has 17 heavy (non-hydrogen) atoms. The Morgan fingerprint density at radius 2 is 2.06 bits per heavy atom. The number of rotatable bonds is 4. The second-order valence-corrected chi connectivity index (χ2v) is 5.94. The minimum absolute atomic E-state index is 0. The van der Waals surface area contributed by atoms with E-state index in [1.54, 1.807) is 0 Å². The van der Waals surface area contributed by atoms with E-state index in [0.717, 1.165) is 25.8 Å². The Morgan fingerprint density at radius 3 is 2.47 bits per heavy atom. The van der Waals surface area contributed by atoms with Crippen molar-refractivity contribution in [1.82, 2.24) is 5.32 Å². The van der Waals surface area contributed by atoms with Crippen LogP contribution in [0.4, 0.5) is 0 Å². The molecule has 2 fully saturated rings. The fraction of sp³-hybridized carbons (Fsp3) is 0.923. The van der Waals surface area contributed by atoms with E-state index >= 15 is 0 Å². The van der Waals surface area contributed by atoms with E-state index in [0.29, 0.717) is 11.3 Å². The highest BCUT2D eigenvalue weighted by Gasteiger charge is 2.45. The van der Waals surface area contributed by atoms with Crippen LogP contribution >= 0.6 is 12.4 Å². The van der Waals surface area contributed by atoms with Gasteiger partial charge >= 0.3 is 0 Å². The van der Waals surface area contributed by atoms with Crippen molar-refractivity contribution in [3.05, 3.63) is 0 Å². The molecule has 2 atom stereocenters. The molecule has 0 aromatic carbocycles. The molecule has 3 N–H and O–H groups in total. The number of hydrogen-bond acceptors (Lipinski definition) is 2. The van der Waals surface area contributed by atoms with Gasteiger partial charge in [0, 0.05) is 12.6 Å². The molecule has 4 heteroatoms. The van der Waals surface area contributed by atoms with Crippen molar-refractivity contribution in [2.75, 3.05) is 6.54 Å². The summed E-state index contributed by atoms with van der Waals surface area (Å²) in [6.07, 6.45) is 5.62. The molecule has 1 amide bonds. The van der Waals surface area contributed by atoms with E-state index in [4.69, 9.17) is 5.73 Å². The van der Waals surface area contributed by atoms with Crippen LogP contribution in [0, 0.1) is 17.3 Å². The van der Waals surface area contributed by atoms with Crippen molar-refractivity contribution in [2.45, 2.75) is 52.0 Å². The molecule has 0 aliphatic heterocycles. The first-order valence-corrected chi connectivity index (χ1v) is 6.58. The van der Waals surface area contributed by atoms with Gasteiger partial charge in [0.05, 0.1) is 5.92 Å². The molecule has 100 valence electrons. The molecule has 2 aliphatic carbocycles. The van der Waals surface area contributed by atoms with E-state index < -0.39 is 0 Å². The van der Waals surface area contributed by atoms with Crippen LogP contribution in [0.5, 0.6) is 0 Å². The van der Waals surface area contributed by atoms with Crippen LogP contribution < -0.4 is 11.1 Å². The van der Waals surface area contributed by atoms with E-state index in [-0.39, 0.29) is 30.3 Å². The fourth-order valence-corrected chi connectivity index (χ4v) is 2.83. The van der Waals surface area contributed by atoms with Gasteiger partial charge in [-0.15, -0.1) is 12.4 Å². The molecule has 0 bridgehead atoms. The zero-order chi connectivity index (χ0) is 11.8. The highest BCUT2D eigenvalue weighted by atomic mass is 35.5. The Hall–Kier alpha value is -0.280. The molecule has 2 aliphatic rings. The third-order valence-corrected chi connectivity index (χ3v) is 4.64. The van der Waals surface area contributed by atoms with Gasteiger partial charge in [-0.1, -0.05) is 20.3 Å². The second-order valence-electron chi connectivity index (χ2n) is 5.94. The predicted octanol–water partition coefficient (Wildman–Crippen LogP) is 2.09. The third kappa shape index (κ3) is 3.14. The molecule has 0 aromatic rings. The quantitative estimate of drug-likeness (QED) is 0.813. The van der Waals surface area contributed by atoms with E-state index in [9.17, 15) is 4.79 Å². The molecule has 0 aromatic heterocycles. The summed E-state index contributed by atoms with van der Waals surface area (Å²) in [5.41, 5.74) is 6.33. The molecule has 3 nitrogen and oxygen atoms in total. The molecule has 0 saturated heterocycles. The minimum Gasteiger partial charge on any atom is -0.355 e. The maximum atomic E-state index is 12.0. The first-order valence-electron chi connectivity index (χ1n) is 6.58. The Labute approximate surface area is 110 Å². The predicted molar refractivity (Wildman–Crippen MR) is 72.1 cm³/mol. The number of carbonyl (C=O) groups excluding carboxylic acids is 1. The molecule has 2 unspecified atom stereocenters. The Bertz CT molecular complexity index is 277. The summed E-state index contributed by atoms with van der Waals surface area (Å²) in [5, 5.41) is 3.12. The van der Waals surface area contributed by atoms with Crippen LogP contribution in [-0.2, 0) is 4.79 Å². The van der Waals surface area contributed by atoms with Crippen molar-refractivity contribution < 1.29 is 4.79 Å².